The van der Waals surface area contributed by atoms with E-state index in [-0.39, 0.29) is 18.5 Å². The summed E-state index contributed by atoms with van der Waals surface area (Å²) in [4.78, 5) is 24.5. The number of aliphatic hydroxyl groups excluding tert-OH is 2. The zero-order chi connectivity index (χ0) is 47.9. The molecule has 2 unspecified atom stereocenters. The topological polar surface area (TPSA) is 95.9 Å². The smallest absolute Gasteiger partial charge is 0.305 e. The number of carbonyl (C=O) groups is 2. The Kier molecular flexibility index (Phi) is 54.5. The first-order valence-electron chi connectivity index (χ1n) is 29.6. The summed E-state index contributed by atoms with van der Waals surface area (Å²) < 4.78 is 5.47. The molecule has 2 atom stereocenters. The summed E-state index contributed by atoms with van der Waals surface area (Å²) in [7, 11) is 0. The van der Waals surface area contributed by atoms with Gasteiger partial charge in [0, 0.05) is 12.8 Å². The number of unbranched alkanes of at least 4 members (excludes halogenated alkanes) is 40. The van der Waals surface area contributed by atoms with Crippen LogP contribution in [0.5, 0.6) is 0 Å². The minimum absolute atomic E-state index is 0.00232. The maximum atomic E-state index is 12.5. The van der Waals surface area contributed by atoms with Crippen molar-refractivity contribution in [1.82, 2.24) is 5.32 Å². The van der Waals surface area contributed by atoms with E-state index in [1.54, 1.807) is 0 Å². The molecular weight excluding hydrogens is 815 g/mol. The monoisotopic (exact) mass is 930 g/mol. The molecule has 0 bridgehead atoms. The van der Waals surface area contributed by atoms with E-state index in [1.807, 2.05) is 0 Å². The summed E-state index contributed by atoms with van der Waals surface area (Å²) >= 11 is 0. The van der Waals surface area contributed by atoms with Crippen molar-refractivity contribution in [2.24, 2.45) is 0 Å². The molecule has 0 heterocycles. The number of aliphatic hydroxyl groups is 2. The van der Waals surface area contributed by atoms with E-state index in [4.69, 9.17) is 4.74 Å². The first kappa shape index (κ1) is 64.3. The molecule has 0 spiro atoms. The van der Waals surface area contributed by atoms with Gasteiger partial charge in [0.15, 0.2) is 0 Å². The van der Waals surface area contributed by atoms with Gasteiger partial charge in [0.1, 0.15) is 0 Å². The highest BCUT2D eigenvalue weighted by Gasteiger charge is 2.20. The number of allylic oxidation sites excluding steroid dienone is 4. The van der Waals surface area contributed by atoms with E-state index >= 15 is 0 Å². The van der Waals surface area contributed by atoms with Crippen molar-refractivity contribution >= 4 is 11.9 Å². The Morgan fingerprint density at radius 1 is 0.409 bits per heavy atom. The van der Waals surface area contributed by atoms with E-state index in [2.05, 4.69) is 43.5 Å². The van der Waals surface area contributed by atoms with Gasteiger partial charge in [-0.3, -0.25) is 9.59 Å². The number of hydrogen-bond acceptors (Lipinski definition) is 5. The van der Waals surface area contributed by atoms with E-state index in [1.165, 1.54) is 244 Å². The Morgan fingerprint density at radius 2 is 0.712 bits per heavy atom. The van der Waals surface area contributed by atoms with Crippen molar-refractivity contribution in [2.45, 2.75) is 334 Å². The molecule has 0 radical (unpaired) electrons. The molecule has 0 rings (SSSR count). The fourth-order valence-corrected chi connectivity index (χ4v) is 9.16. The summed E-state index contributed by atoms with van der Waals surface area (Å²) in [6.45, 7) is 4.94. The predicted molar refractivity (Wildman–Crippen MR) is 287 cm³/mol. The van der Waals surface area contributed by atoms with E-state index in [0.29, 0.717) is 25.9 Å². The highest BCUT2D eigenvalue weighted by atomic mass is 16.5. The molecule has 0 aromatic carbocycles. The summed E-state index contributed by atoms with van der Waals surface area (Å²) in [5, 5.41) is 23.2. The van der Waals surface area contributed by atoms with Gasteiger partial charge in [-0.1, -0.05) is 256 Å². The lowest BCUT2D eigenvalue weighted by Gasteiger charge is -2.22. The molecule has 1 amide bonds. The first-order chi connectivity index (χ1) is 32.5. The Bertz CT molecular complexity index is 1030. The van der Waals surface area contributed by atoms with E-state index < -0.39 is 12.1 Å². The molecule has 0 aliphatic carbocycles. The molecule has 0 aromatic heterocycles. The number of nitrogens with one attached hydrogen (secondary N) is 1. The van der Waals surface area contributed by atoms with Crippen molar-refractivity contribution in [3.05, 3.63) is 24.3 Å². The van der Waals surface area contributed by atoms with E-state index in [0.717, 1.165) is 44.9 Å². The lowest BCUT2D eigenvalue weighted by Crippen LogP contribution is -2.45. The second-order valence-electron chi connectivity index (χ2n) is 20.3. The van der Waals surface area contributed by atoms with Gasteiger partial charge in [0.25, 0.3) is 0 Å². The van der Waals surface area contributed by atoms with Crippen LogP contribution in [0.25, 0.3) is 0 Å². The highest BCUT2D eigenvalue weighted by molar-refractivity contribution is 5.76. The van der Waals surface area contributed by atoms with Gasteiger partial charge >= 0.3 is 5.97 Å². The van der Waals surface area contributed by atoms with Gasteiger partial charge in [-0.15, -0.1) is 0 Å². The molecular formula is C60H115NO5. The van der Waals surface area contributed by atoms with Crippen LogP contribution in [0.1, 0.15) is 322 Å². The Hall–Kier alpha value is -1.66. The standard InChI is InChI=1S/C60H115NO5/c1-3-5-7-9-11-13-15-28-32-36-40-44-48-52-58(63)57(56-62)61-59(64)53-49-45-41-37-33-30-26-24-22-20-18-17-19-21-23-25-27-31-35-39-43-47-51-55-66-60(65)54-50-46-42-38-34-29-16-14-12-10-8-6-4-2/h14,16,20,22,57-58,62-63H,3-13,15,17-19,21,23-56H2,1-2H3,(H,61,64)/b16-14-,22-20-. The zero-order valence-corrected chi connectivity index (χ0v) is 44.4. The van der Waals surface area contributed by atoms with Crippen LogP contribution in [-0.2, 0) is 14.3 Å². The van der Waals surface area contributed by atoms with Gasteiger partial charge in [0.05, 0.1) is 25.4 Å². The van der Waals surface area contributed by atoms with Crippen LogP contribution in [0.15, 0.2) is 24.3 Å². The Morgan fingerprint density at radius 3 is 1.09 bits per heavy atom. The van der Waals surface area contributed by atoms with E-state index in [9.17, 15) is 19.8 Å². The molecule has 6 nitrogen and oxygen atoms in total. The molecule has 0 fully saturated rings. The predicted octanol–water partition coefficient (Wildman–Crippen LogP) is 18.2. The molecule has 0 aliphatic rings. The summed E-state index contributed by atoms with van der Waals surface area (Å²) in [6, 6.07) is -0.545. The average Bonchev–Trinajstić information content (AvgIpc) is 3.32. The molecule has 66 heavy (non-hydrogen) atoms. The number of rotatable bonds is 55. The van der Waals surface area contributed by atoms with Gasteiger partial charge in [-0.25, -0.2) is 0 Å². The normalized spacial score (nSPS) is 12.7. The summed E-state index contributed by atoms with van der Waals surface area (Å²) in [5.74, 6) is -0.0384. The molecule has 0 aliphatic heterocycles. The third-order valence-electron chi connectivity index (χ3n) is 13.7. The quantitative estimate of drug-likeness (QED) is 0.0321. The Balaban J connectivity index is 3.40. The molecule has 6 heteroatoms. The fraction of sp³-hybridized carbons (Fsp3) is 0.900. The van der Waals surface area contributed by atoms with Gasteiger partial charge < -0.3 is 20.3 Å². The van der Waals surface area contributed by atoms with Crippen molar-refractivity contribution in [3.63, 3.8) is 0 Å². The van der Waals surface area contributed by atoms with Crippen LogP contribution in [0.4, 0.5) is 0 Å². The molecule has 390 valence electrons. The number of esters is 1. The van der Waals surface area contributed by atoms with Crippen LogP contribution in [-0.4, -0.2) is 47.4 Å². The van der Waals surface area contributed by atoms with Crippen molar-refractivity contribution in [2.75, 3.05) is 13.2 Å². The van der Waals surface area contributed by atoms with Crippen LogP contribution in [0.2, 0.25) is 0 Å². The SMILES string of the molecule is CCCCCC/C=C\CCCCCCCC(=O)OCCCCCCCCCCCCCC/C=C\CCCCCCCCCC(=O)NC(CO)C(O)CCCCCCCCCCCCCCC. The summed E-state index contributed by atoms with van der Waals surface area (Å²) in [6.07, 6.45) is 67.5. The number of ether oxygens (including phenoxy) is 1. The number of hydrogen-bond donors (Lipinski definition) is 3. The molecule has 3 N–H and O–H groups in total. The van der Waals surface area contributed by atoms with Crippen molar-refractivity contribution in [1.29, 1.82) is 0 Å². The van der Waals surface area contributed by atoms with Crippen LogP contribution < -0.4 is 5.32 Å². The second-order valence-corrected chi connectivity index (χ2v) is 20.3. The summed E-state index contributed by atoms with van der Waals surface area (Å²) in [5.41, 5.74) is 0. The first-order valence-corrected chi connectivity index (χ1v) is 29.6. The van der Waals surface area contributed by atoms with Gasteiger partial charge in [0.2, 0.25) is 5.91 Å². The Labute approximate surface area is 411 Å². The molecule has 0 saturated carbocycles. The third kappa shape index (κ3) is 51.7. The molecule has 0 aromatic rings. The fourth-order valence-electron chi connectivity index (χ4n) is 9.16. The maximum absolute atomic E-state index is 12.5. The lowest BCUT2D eigenvalue weighted by molar-refractivity contribution is -0.143. The van der Waals surface area contributed by atoms with Crippen molar-refractivity contribution < 1.29 is 24.5 Å². The minimum Gasteiger partial charge on any atom is -0.466 e. The van der Waals surface area contributed by atoms with Gasteiger partial charge in [-0.05, 0) is 77.0 Å². The number of amides is 1. The third-order valence-corrected chi connectivity index (χ3v) is 13.7. The lowest BCUT2D eigenvalue weighted by atomic mass is 10.0. The zero-order valence-electron chi connectivity index (χ0n) is 44.4. The van der Waals surface area contributed by atoms with Gasteiger partial charge in [-0.2, -0.15) is 0 Å². The molecule has 0 saturated heterocycles. The van der Waals surface area contributed by atoms with Crippen LogP contribution in [0, 0.1) is 0 Å². The van der Waals surface area contributed by atoms with Crippen LogP contribution >= 0.6 is 0 Å². The largest absolute Gasteiger partial charge is 0.466 e. The second kappa shape index (κ2) is 55.9. The maximum Gasteiger partial charge on any atom is 0.305 e. The van der Waals surface area contributed by atoms with Crippen molar-refractivity contribution in [3.8, 4) is 0 Å². The number of carbonyl (C=O) groups excluding carboxylic acids is 2. The van der Waals surface area contributed by atoms with Crippen LogP contribution in [0.3, 0.4) is 0 Å². The highest BCUT2D eigenvalue weighted by Crippen LogP contribution is 2.17. The average molecular weight is 931 g/mol. The minimum atomic E-state index is -0.667.